The molecule has 288 valence electrons. The van der Waals surface area contributed by atoms with Gasteiger partial charge in [0.05, 0.1) is 14.6 Å². The summed E-state index contributed by atoms with van der Waals surface area (Å²) in [6, 6.07) is 9.10. The summed E-state index contributed by atoms with van der Waals surface area (Å²) in [5.74, 6) is -0.898. The summed E-state index contributed by atoms with van der Waals surface area (Å²) in [5.41, 5.74) is 0.662. The highest BCUT2D eigenvalue weighted by Gasteiger charge is 2.50. The maximum Gasteiger partial charge on any atom is 0.306 e. The largest absolute Gasteiger partial charge is 0.455 e. The van der Waals surface area contributed by atoms with E-state index in [-0.39, 0.29) is 19.4 Å². The van der Waals surface area contributed by atoms with Crippen LogP contribution < -0.4 is 0 Å². The molecular weight excluding hydrogens is 632 g/mol. The molecule has 0 spiro atoms. The van der Waals surface area contributed by atoms with E-state index in [4.69, 9.17) is 25.1 Å². The quantitative estimate of drug-likeness (QED) is 0.0602. The molecule has 1 aliphatic rings. The van der Waals surface area contributed by atoms with Gasteiger partial charge >= 0.3 is 11.9 Å². The number of methoxy groups -OCH3 is 1. The van der Waals surface area contributed by atoms with Crippen LogP contribution in [-0.4, -0.2) is 61.5 Å². The first-order valence-electron chi connectivity index (χ1n) is 20.8. The standard InChI is InChI=1S/C42H72O8/c1-4-6-8-10-12-14-16-18-20-22-27-31-37(43)49-40-39(45)36(34-47-33-35-29-25-24-26-30-35)48-42(46-3)41(40)50-38(44)32-28-23-21-19-17-15-13-11-9-7-5-2/h24-26,29-30,36,39-42,45H,4-23,27-28,31-34H2,1-3H3/t36-,39-,40+,41-,42?/m1/s1/i33D/t33?,36-,39-,40+,41-,42?. The van der Waals surface area contributed by atoms with E-state index < -0.39 is 49.2 Å². The first-order valence-corrected chi connectivity index (χ1v) is 20.2. The SMILES string of the molecule is [2H]C(OC[C@H]1OC(OC)[C@H](OC(=O)CCCCCCCCCCCCC)[C@@H](OC(=O)CCCCCCCCCCCCC)[C@@H]1O)c1ccccc1. The lowest BCUT2D eigenvalue weighted by molar-refractivity contribution is -0.302. The average Bonchev–Trinajstić information content (AvgIpc) is 3.14. The van der Waals surface area contributed by atoms with E-state index in [1.165, 1.54) is 103 Å². The van der Waals surface area contributed by atoms with Gasteiger partial charge in [-0.25, -0.2) is 0 Å². The minimum atomic E-state index is -1.35. The lowest BCUT2D eigenvalue weighted by Crippen LogP contribution is -2.61. The number of benzene rings is 1. The van der Waals surface area contributed by atoms with Crippen molar-refractivity contribution in [1.82, 2.24) is 0 Å². The normalized spacial score (nSPS) is 21.4. The van der Waals surface area contributed by atoms with Crippen molar-refractivity contribution >= 4 is 11.9 Å². The van der Waals surface area contributed by atoms with E-state index in [2.05, 4.69) is 13.8 Å². The number of esters is 2. The van der Waals surface area contributed by atoms with Crippen LogP contribution in [-0.2, 0) is 39.9 Å². The number of aliphatic hydroxyl groups is 1. The average molecular weight is 706 g/mol. The first-order chi connectivity index (χ1) is 24.9. The monoisotopic (exact) mass is 706 g/mol. The Kier molecular flexibility index (Phi) is 25.1. The molecule has 2 unspecified atom stereocenters. The van der Waals surface area contributed by atoms with Crippen molar-refractivity contribution in [3.63, 3.8) is 0 Å². The molecule has 1 saturated heterocycles. The summed E-state index contributed by atoms with van der Waals surface area (Å²) in [6.07, 6.45) is 20.5. The molecule has 1 heterocycles. The highest BCUT2D eigenvalue weighted by Crippen LogP contribution is 2.28. The third-order valence-corrected chi connectivity index (χ3v) is 9.63. The van der Waals surface area contributed by atoms with Gasteiger partial charge in [0.25, 0.3) is 0 Å². The van der Waals surface area contributed by atoms with Gasteiger partial charge in [0.2, 0.25) is 0 Å². The number of hydrogen-bond acceptors (Lipinski definition) is 8. The first kappa shape index (κ1) is 42.4. The van der Waals surface area contributed by atoms with Crippen LogP contribution in [0.25, 0.3) is 0 Å². The second-order valence-corrected chi connectivity index (χ2v) is 14.1. The van der Waals surface area contributed by atoms with Crippen LogP contribution in [0.15, 0.2) is 30.3 Å². The molecule has 2 rings (SSSR count). The molecular formula is C42H72O8. The number of unbranched alkanes of at least 4 members (excludes halogenated alkanes) is 20. The zero-order valence-electron chi connectivity index (χ0n) is 32.8. The Balaban J connectivity index is 1.87. The van der Waals surface area contributed by atoms with Crippen molar-refractivity contribution < 1.29 is 39.8 Å². The highest BCUT2D eigenvalue weighted by molar-refractivity contribution is 5.70. The minimum absolute atomic E-state index is 0.143. The Morgan fingerprint density at radius 2 is 1.08 bits per heavy atom. The molecule has 1 aromatic rings. The molecule has 0 amide bonds. The summed E-state index contributed by atoms with van der Waals surface area (Å²) < 4.78 is 37.4. The van der Waals surface area contributed by atoms with Crippen LogP contribution in [0.5, 0.6) is 0 Å². The topological polar surface area (TPSA) is 101 Å². The fourth-order valence-corrected chi connectivity index (χ4v) is 6.54. The molecule has 0 radical (unpaired) electrons. The van der Waals surface area contributed by atoms with E-state index in [1.807, 2.05) is 18.2 Å². The molecule has 0 aliphatic carbocycles. The summed E-state index contributed by atoms with van der Waals surface area (Å²) in [7, 11) is 1.42. The molecule has 6 atom stereocenters. The second-order valence-electron chi connectivity index (χ2n) is 14.1. The zero-order chi connectivity index (χ0) is 36.9. The highest BCUT2D eigenvalue weighted by atomic mass is 16.7. The molecule has 8 heteroatoms. The smallest absolute Gasteiger partial charge is 0.306 e. The molecule has 1 fully saturated rings. The van der Waals surface area contributed by atoms with Gasteiger partial charge in [-0.2, -0.15) is 0 Å². The van der Waals surface area contributed by atoms with Gasteiger partial charge in [0.1, 0.15) is 12.2 Å². The van der Waals surface area contributed by atoms with Crippen LogP contribution in [0.3, 0.4) is 0 Å². The van der Waals surface area contributed by atoms with Crippen molar-refractivity contribution in [1.29, 1.82) is 0 Å². The number of rotatable bonds is 31. The van der Waals surface area contributed by atoms with Crippen LogP contribution >= 0.6 is 0 Å². The fourth-order valence-electron chi connectivity index (χ4n) is 6.54. The zero-order valence-corrected chi connectivity index (χ0v) is 31.8. The van der Waals surface area contributed by atoms with Gasteiger partial charge in [-0.1, -0.05) is 173 Å². The Morgan fingerprint density at radius 1 is 0.660 bits per heavy atom. The lowest BCUT2D eigenvalue weighted by atomic mass is 9.98. The maximum atomic E-state index is 13.1. The number of ether oxygens (including phenoxy) is 5. The molecule has 1 N–H and O–H groups in total. The fraction of sp³-hybridized carbons (Fsp3) is 0.810. The molecule has 1 aromatic carbocycles. The minimum Gasteiger partial charge on any atom is -0.455 e. The van der Waals surface area contributed by atoms with Crippen LogP contribution in [0, 0.1) is 0 Å². The Morgan fingerprint density at radius 3 is 1.52 bits per heavy atom. The maximum absolute atomic E-state index is 13.1. The second kappa shape index (κ2) is 29.6. The third kappa shape index (κ3) is 20.1. The Bertz CT molecular complexity index is 994. The Labute approximate surface area is 306 Å². The summed E-state index contributed by atoms with van der Waals surface area (Å²) in [5, 5.41) is 11.4. The van der Waals surface area contributed by atoms with Crippen molar-refractivity contribution in [2.45, 2.75) is 205 Å². The van der Waals surface area contributed by atoms with Crippen molar-refractivity contribution in [2.75, 3.05) is 13.7 Å². The van der Waals surface area contributed by atoms with Gasteiger partial charge in [0.15, 0.2) is 18.5 Å². The van der Waals surface area contributed by atoms with Crippen LogP contribution in [0.4, 0.5) is 0 Å². The van der Waals surface area contributed by atoms with Gasteiger partial charge in [-0.05, 0) is 18.4 Å². The summed E-state index contributed by atoms with van der Waals surface area (Å²) >= 11 is 0. The van der Waals surface area contributed by atoms with Gasteiger partial charge in [0, 0.05) is 20.0 Å². The van der Waals surface area contributed by atoms with E-state index in [9.17, 15) is 14.7 Å². The molecule has 0 saturated carbocycles. The van der Waals surface area contributed by atoms with Crippen LogP contribution in [0.2, 0.25) is 0 Å². The van der Waals surface area contributed by atoms with E-state index in [0.29, 0.717) is 18.4 Å². The molecule has 1 aliphatic heterocycles. The van der Waals surface area contributed by atoms with Gasteiger partial charge < -0.3 is 28.8 Å². The van der Waals surface area contributed by atoms with Gasteiger partial charge in [-0.15, -0.1) is 0 Å². The number of hydrogen-bond donors (Lipinski definition) is 1. The number of carbonyl (C=O) groups excluding carboxylic acids is 2. The molecule has 8 nitrogen and oxygen atoms in total. The number of aliphatic hydroxyl groups excluding tert-OH is 1. The molecule has 0 bridgehead atoms. The van der Waals surface area contributed by atoms with Crippen molar-refractivity contribution in [3.8, 4) is 0 Å². The Hall–Kier alpha value is -2.00. The molecule has 0 aromatic heterocycles. The predicted octanol–water partition coefficient (Wildman–Crippen LogP) is 10.2. The summed E-state index contributed by atoms with van der Waals surface area (Å²) in [6.45, 7) is 3.34. The van der Waals surface area contributed by atoms with Crippen molar-refractivity contribution in [3.05, 3.63) is 35.9 Å². The summed E-state index contributed by atoms with van der Waals surface area (Å²) in [4.78, 5) is 26.1. The lowest BCUT2D eigenvalue weighted by Gasteiger charge is -2.42. The molecule has 50 heavy (non-hydrogen) atoms. The predicted molar refractivity (Wildman–Crippen MR) is 200 cm³/mol. The van der Waals surface area contributed by atoms with Crippen molar-refractivity contribution in [2.24, 2.45) is 0 Å². The van der Waals surface area contributed by atoms with Crippen LogP contribution in [0.1, 0.15) is 175 Å². The van der Waals surface area contributed by atoms with E-state index in [0.717, 1.165) is 32.1 Å². The van der Waals surface area contributed by atoms with Gasteiger partial charge in [-0.3, -0.25) is 9.59 Å². The third-order valence-electron chi connectivity index (χ3n) is 9.63. The van der Waals surface area contributed by atoms with E-state index >= 15 is 0 Å². The van der Waals surface area contributed by atoms with E-state index in [1.54, 1.807) is 12.1 Å². The number of carbonyl (C=O) groups is 2.